The van der Waals surface area contributed by atoms with Crippen LogP contribution in [-0.2, 0) is 0 Å². The Morgan fingerprint density at radius 2 is 1.76 bits per heavy atom. The summed E-state index contributed by atoms with van der Waals surface area (Å²) in [5.74, 6) is 0. The Balaban J connectivity index is 2.04. The first-order chi connectivity index (χ1) is 9.91. The second-order valence-corrected chi connectivity index (χ2v) is 4.95. The number of aliphatic hydroxyl groups excluding tert-OH is 1. The van der Waals surface area contributed by atoms with E-state index in [1.807, 2.05) is 6.07 Å². The van der Waals surface area contributed by atoms with E-state index in [4.69, 9.17) is 5.26 Å². The van der Waals surface area contributed by atoms with E-state index in [0.717, 1.165) is 37.2 Å². The van der Waals surface area contributed by atoms with Crippen LogP contribution in [0.2, 0.25) is 0 Å². The van der Waals surface area contributed by atoms with Crippen LogP contribution >= 0.6 is 0 Å². The Hall–Kier alpha value is -2.00. The zero-order valence-electron chi connectivity index (χ0n) is 11.3. The van der Waals surface area contributed by atoms with Crippen LogP contribution in [0.1, 0.15) is 24.5 Å². The second kappa shape index (κ2) is 6.19. The average molecular weight is 296 g/mol. The maximum absolute atomic E-state index is 12.4. The molecule has 0 bridgehead atoms. The number of nitriles is 1. The molecule has 0 saturated carbocycles. The summed E-state index contributed by atoms with van der Waals surface area (Å²) in [7, 11) is 0. The highest BCUT2D eigenvalue weighted by atomic mass is 19.4. The van der Waals surface area contributed by atoms with Gasteiger partial charge in [-0.1, -0.05) is 17.7 Å². The molecule has 0 aromatic heterocycles. The van der Waals surface area contributed by atoms with Gasteiger partial charge in [0.2, 0.25) is 0 Å². The average Bonchev–Trinajstić information content (AvgIpc) is 2.47. The van der Waals surface area contributed by atoms with E-state index in [0.29, 0.717) is 0 Å². The third kappa shape index (κ3) is 3.76. The van der Waals surface area contributed by atoms with Crippen LogP contribution < -0.4 is 4.90 Å². The van der Waals surface area contributed by atoms with Crippen LogP contribution in [0.4, 0.5) is 18.9 Å². The number of alkyl halides is 3. The number of hydrogen-bond donors (Lipinski definition) is 1. The molecular formula is C15H15F3N2O. The topological polar surface area (TPSA) is 47.3 Å². The largest absolute Gasteiger partial charge is 0.418 e. The van der Waals surface area contributed by atoms with Gasteiger partial charge in [-0.05, 0) is 30.5 Å². The number of hydrogen-bond acceptors (Lipinski definition) is 3. The summed E-state index contributed by atoms with van der Waals surface area (Å²) >= 11 is 0. The van der Waals surface area contributed by atoms with Crippen molar-refractivity contribution in [3.8, 4) is 6.07 Å². The van der Waals surface area contributed by atoms with Gasteiger partial charge in [0.1, 0.15) is 0 Å². The molecule has 3 nitrogen and oxygen atoms in total. The Morgan fingerprint density at radius 3 is 2.24 bits per heavy atom. The Morgan fingerprint density at radius 1 is 1.19 bits per heavy atom. The number of benzene rings is 1. The van der Waals surface area contributed by atoms with Gasteiger partial charge in [0.15, 0.2) is 6.10 Å². The third-order valence-corrected chi connectivity index (χ3v) is 3.56. The summed E-state index contributed by atoms with van der Waals surface area (Å²) in [6.07, 6.45) is -3.98. The van der Waals surface area contributed by atoms with E-state index in [9.17, 15) is 18.3 Å². The molecule has 2 rings (SSSR count). The first-order valence-electron chi connectivity index (χ1n) is 6.59. The quantitative estimate of drug-likeness (QED) is 0.852. The first kappa shape index (κ1) is 15.4. The highest BCUT2D eigenvalue weighted by Gasteiger charge is 2.39. The van der Waals surface area contributed by atoms with Crippen LogP contribution in [-0.4, -0.2) is 24.4 Å². The molecule has 1 aliphatic rings. The SMILES string of the molecule is N#CC=C1CCN(c2ccc(C(O)C(F)(F)F)cc2)CC1. The van der Waals surface area contributed by atoms with E-state index < -0.39 is 12.3 Å². The van der Waals surface area contributed by atoms with E-state index in [-0.39, 0.29) is 5.56 Å². The fourth-order valence-electron chi connectivity index (χ4n) is 2.34. The predicted molar refractivity (Wildman–Crippen MR) is 72.6 cm³/mol. The number of allylic oxidation sites excluding steroid dienone is 1. The Kier molecular flexibility index (Phi) is 4.53. The molecule has 6 heteroatoms. The third-order valence-electron chi connectivity index (χ3n) is 3.56. The summed E-state index contributed by atoms with van der Waals surface area (Å²) < 4.78 is 37.2. The molecule has 0 spiro atoms. The van der Waals surface area contributed by atoms with Crippen molar-refractivity contribution in [1.82, 2.24) is 0 Å². The molecule has 112 valence electrons. The number of piperidine rings is 1. The number of rotatable bonds is 2. The van der Waals surface area contributed by atoms with Gasteiger partial charge in [0.25, 0.3) is 0 Å². The van der Waals surface area contributed by atoms with Crippen LogP contribution in [0.3, 0.4) is 0 Å². The molecule has 1 fully saturated rings. The summed E-state index contributed by atoms with van der Waals surface area (Å²) in [5, 5.41) is 17.8. The zero-order chi connectivity index (χ0) is 15.5. The smallest absolute Gasteiger partial charge is 0.379 e. The van der Waals surface area contributed by atoms with Crippen LogP contribution in [0.25, 0.3) is 0 Å². The van der Waals surface area contributed by atoms with Crippen molar-refractivity contribution in [2.24, 2.45) is 0 Å². The summed E-state index contributed by atoms with van der Waals surface area (Å²) in [4.78, 5) is 2.05. The van der Waals surface area contributed by atoms with Crippen molar-refractivity contribution in [2.45, 2.75) is 25.1 Å². The number of aliphatic hydroxyl groups is 1. The molecular weight excluding hydrogens is 281 g/mol. The number of anilines is 1. The van der Waals surface area contributed by atoms with Crippen molar-refractivity contribution in [3.05, 3.63) is 41.5 Å². The van der Waals surface area contributed by atoms with Crippen molar-refractivity contribution in [2.75, 3.05) is 18.0 Å². The molecule has 1 N–H and O–H groups in total. The minimum atomic E-state index is -4.65. The minimum Gasteiger partial charge on any atom is -0.379 e. The molecule has 0 aliphatic carbocycles. The Bertz CT molecular complexity index is 548. The lowest BCUT2D eigenvalue weighted by atomic mass is 10.0. The maximum atomic E-state index is 12.4. The first-order valence-corrected chi connectivity index (χ1v) is 6.59. The molecule has 1 aromatic rings. The van der Waals surface area contributed by atoms with E-state index in [1.165, 1.54) is 12.1 Å². The lowest BCUT2D eigenvalue weighted by molar-refractivity contribution is -0.206. The summed E-state index contributed by atoms with van der Waals surface area (Å²) in [6, 6.07) is 7.78. The highest BCUT2D eigenvalue weighted by Crippen LogP contribution is 2.33. The Labute approximate surface area is 120 Å². The fraction of sp³-hybridized carbons (Fsp3) is 0.400. The predicted octanol–water partition coefficient (Wildman–Crippen LogP) is 3.33. The number of nitrogens with zero attached hydrogens (tertiary/aromatic N) is 2. The van der Waals surface area contributed by atoms with Crippen LogP contribution in [0.15, 0.2) is 35.9 Å². The highest BCUT2D eigenvalue weighted by molar-refractivity contribution is 5.49. The van der Waals surface area contributed by atoms with Crippen LogP contribution in [0, 0.1) is 11.3 Å². The van der Waals surface area contributed by atoms with Gasteiger partial charge in [-0.3, -0.25) is 0 Å². The molecule has 1 heterocycles. The minimum absolute atomic E-state index is 0.159. The lowest BCUT2D eigenvalue weighted by Crippen LogP contribution is -2.30. The maximum Gasteiger partial charge on any atom is 0.418 e. The second-order valence-electron chi connectivity index (χ2n) is 4.95. The van der Waals surface area contributed by atoms with Gasteiger partial charge in [-0.25, -0.2) is 0 Å². The molecule has 21 heavy (non-hydrogen) atoms. The molecule has 1 aliphatic heterocycles. The number of halogens is 3. The van der Waals surface area contributed by atoms with E-state index in [1.54, 1.807) is 18.2 Å². The van der Waals surface area contributed by atoms with Gasteiger partial charge in [-0.15, -0.1) is 0 Å². The van der Waals surface area contributed by atoms with Gasteiger partial charge in [0, 0.05) is 24.9 Å². The molecule has 0 amide bonds. The lowest BCUT2D eigenvalue weighted by Gasteiger charge is -2.30. The van der Waals surface area contributed by atoms with E-state index >= 15 is 0 Å². The normalized spacial score (nSPS) is 17.3. The summed E-state index contributed by atoms with van der Waals surface area (Å²) in [5.41, 5.74) is 1.76. The molecule has 1 saturated heterocycles. The van der Waals surface area contributed by atoms with E-state index in [2.05, 4.69) is 4.90 Å². The zero-order valence-corrected chi connectivity index (χ0v) is 11.3. The molecule has 1 unspecified atom stereocenters. The standard InChI is InChI=1S/C15H15F3N2O/c16-15(17,18)14(21)12-1-3-13(4-2-12)20-9-6-11(5-8-19)7-10-20/h1-5,14,21H,6-7,9-10H2. The van der Waals surface area contributed by atoms with Crippen LogP contribution in [0.5, 0.6) is 0 Å². The van der Waals surface area contributed by atoms with Gasteiger partial charge in [0.05, 0.1) is 6.07 Å². The van der Waals surface area contributed by atoms with Crippen molar-refractivity contribution in [3.63, 3.8) is 0 Å². The van der Waals surface area contributed by atoms with Crippen molar-refractivity contribution in [1.29, 1.82) is 5.26 Å². The van der Waals surface area contributed by atoms with Gasteiger partial charge >= 0.3 is 6.18 Å². The fourth-order valence-corrected chi connectivity index (χ4v) is 2.34. The van der Waals surface area contributed by atoms with Gasteiger partial charge in [-0.2, -0.15) is 18.4 Å². The monoisotopic (exact) mass is 296 g/mol. The molecule has 0 radical (unpaired) electrons. The van der Waals surface area contributed by atoms with Gasteiger partial charge < -0.3 is 10.0 Å². The summed E-state index contributed by atoms with van der Waals surface area (Å²) in [6.45, 7) is 1.46. The van der Waals surface area contributed by atoms with Crippen molar-refractivity contribution >= 4 is 5.69 Å². The molecule has 1 aromatic carbocycles. The van der Waals surface area contributed by atoms with Crippen molar-refractivity contribution < 1.29 is 18.3 Å². The molecule has 1 atom stereocenters.